The van der Waals surface area contributed by atoms with Crippen LogP contribution in [-0.2, 0) is 0 Å². The highest BCUT2D eigenvalue weighted by Gasteiger charge is 2.24. The van der Waals surface area contributed by atoms with Gasteiger partial charge in [0, 0.05) is 28.9 Å². The Morgan fingerprint density at radius 3 is 2.67 bits per heavy atom. The minimum atomic E-state index is 0.0336. The number of amidine groups is 1. The summed E-state index contributed by atoms with van der Waals surface area (Å²) in [6, 6.07) is 5.73. The standard InChI is InChI=1S/C15H22ClN3O2/c16-11-6-7-14(13(10-11)15(17)18-21)19(8-9-20)12-4-2-1-3-5-12/h6-7,10,12,20-21H,1-5,8-9H2,(H2,17,18). The number of nitrogens with zero attached hydrogens (tertiary/aromatic N) is 2. The summed E-state index contributed by atoms with van der Waals surface area (Å²) >= 11 is 6.03. The maximum absolute atomic E-state index is 9.39. The van der Waals surface area contributed by atoms with Gasteiger partial charge in [-0.3, -0.25) is 0 Å². The first-order valence-corrected chi connectivity index (χ1v) is 7.70. The highest BCUT2D eigenvalue weighted by Crippen LogP contribution is 2.31. The Bertz CT molecular complexity index is 502. The van der Waals surface area contributed by atoms with Crippen LogP contribution in [0.5, 0.6) is 0 Å². The predicted octanol–water partition coefficient (Wildman–Crippen LogP) is 2.57. The fourth-order valence-corrected chi connectivity index (χ4v) is 3.19. The molecule has 0 aromatic heterocycles. The number of hydrogen-bond donors (Lipinski definition) is 3. The van der Waals surface area contributed by atoms with E-state index < -0.39 is 0 Å². The summed E-state index contributed by atoms with van der Waals surface area (Å²) < 4.78 is 0. The largest absolute Gasteiger partial charge is 0.409 e. The summed E-state index contributed by atoms with van der Waals surface area (Å²) in [5.41, 5.74) is 7.24. The molecule has 0 bridgehead atoms. The Morgan fingerprint density at radius 1 is 1.33 bits per heavy atom. The van der Waals surface area contributed by atoms with Gasteiger partial charge in [-0.15, -0.1) is 0 Å². The van der Waals surface area contributed by atoms with Gasteiger partial charge in [0.15, 0.2) is 5.84 Å². The van der Waals surface area contributed by atoms with Crippen LogP contribution in [0.25, 0.3) is 0 Å². The number of oxime groups is 1. The number of halogens is 1. The van der Waals surface area contributed by atoms with E-state index in [0.717, 1.165) is 18.5 Å². The van der Waals surface area contributed by atoms with Crippen molar-refractivity contribution in [2.24, 2.45) is 10.9 Å². The molecular weight excluding hydrogens is 290 g/mol. The van der Waals surface area contributed by atoms with Crippen molar-refractivity contribution in [2.45, 2.75) is 38.1 Å². The molecule has 0 saturated heterocycles. The van der Waals surface area contributed by atoms with Crippen molar-refractivity contribution in [1.29, 1.82) is 0 Å². The highest BCUT2D eigenvalue weighted by molar-refractivity contribution is 6.31. The van der Waals surface area contributed by atoms with Gasteiger partial charge in [0.05, 0.1) is 6.61 Å². The number of benzene rings is 1. The maximum Gasteiger partial charge on any atom is 0.172 e. The first kappa shape index (κ1) is 15.9. The zero-order valence-corrected chi connectivity index (χ0v) is 12.8. The summed E-state index contributed by atoms with van der Waals surface area (Å²) in [5.74, 6) is 0.0336. The monoisotopic (exact) mass is 311 g/mol. The molecule has 1 saturated carbocycles. The molecular formula is C15H22ClN3O2. The number of anilines is 1. The van der Waals surface area contributed by atoms with Crippen molar-refractivity contribution in [3.63, 3.8) is 0 Å². The fourth-order valence-electron chi connectivity index (χ4n) is 3.02. The summed E-state index contributed by atoms with van der Waals surface area (Å²) in [7, 11) is 0. The topological polar surface area (TPSA) is 82.1 Å². The molecule has 0 amide bonds. The van der Waals surface area contributed by atoms with E-state index in [-0.39, 0.29) is 12.4 Å². The second-order valence-electron chi connectivity index (χ2n) is 5.36. The Morgan fingerprint density at radius 2 is 2.05 bits per heavy atom. The Labute approximate surface area is 130 Å². The van der Waals surface area contributed by atoms with E-state index in [2.05, 4.69) is 10.1 Å². The van der Waals surface area contributed by atoms with Gasteiger partial charge in [0.25, 0.3) is 0 Å². The third kappa shape index (κ3) is 3.80. The van der Waals surface area contributed by atoms with E-state index in [1.807, 2.05) is 6.07 Å². The molecule has 1 aromatic rings. The molecule has 1 fully saturated rings. The summed E-state index contributed by atoms with van der Waals surface area (Å²) in [6.45, 7) is 0.590. The van der Waals surface area contributed by atoms with Crippen LogP contribution in [0.15, 0.2) is 23.4 Å². The Kier molecular flexibility index (Phi) is 5.70. The molecule has 116 valence electrons. The number of aliphatic hydroxyl groups excluding tert-OH is 1. The van der Waals surface area contributed by atoms with Crippen LogP contribution in [0.4, 0.5) is 5.69 Å². The van der Waals surface area contributed by atoms with Gasteiger partial charge in [-0.2, -0.15) is 0 Å². The van der Waals surface area contributed by atoms with Crippen LogP contribution in [0.2, 0.25) is 5.02 Å². The number of aliphatic hydroxyl groups is 1. The molecule has 1 aromatic carbocycles. The molecule has 1 aliphatic carbocycles. The van der Waals surface area contributed by atoms with Gasteiger partial charge >= 0.3 is 0 Å². The normalized spacial score (nSPS) is 17.0. The number of rotatable bonds is 5. The lowest BCUT2D eigenvalue weighted by Gasteiger charge is -2.37. The van der Waals surface area contributed by atoms with Gasteiger partial charge in [0.2, 0.25) is 0 Å². The zero-order valence-electron chi connectivity index (χ0n) is 12.0. The molecule has 0 aliphatic heterocycles. The molecule has 0 heterocycles. The van der Waals surface area contributed by atoms with Gasteiger partial charge < -0.3 is 20.9 Å². The second-order valence-corrected chi connectivity index (χ2v) is 5.79. The molecule has 6 heteroatoms. The van der Waals surface area contributed by atoms with Crippen molar-refractivity contribution in [3.05, 3.63) is 28.8 Å². The minimum absolute atomic E-state index is 0.0336. The molecule has 0 atom stereocenters. The molecule has 4 N–H and O–H groups in total. The van der Waals surface area contributed by atoms with Crippen molar-refractivity contribution < 1.29 is 10.3 Å². The quantitative estimate of drug-likeness (QED) is 0.338. The van der Waals surface area contributed by atoms with Crippen LogP contribution in [0, 0.1) is 0 Å². The Balaban J connectivity index is 2.39. The molecule has 1 aliphatic rings. The van der Waals surface area contributed by atoms with Crippen LogP contribution in [0.1, 0.15) is 37.7 Å². The lowest BCUT2D eigenvalue weighted by molar-refractivity contribution is 0.290. The van der Waals surface area contributed by atoms with Gasteiger partial charge in [-0.05, 0) is 31.0 Å². The summed E-state index contributed by atoms with van der Waals surface area (Å²) in [5, 5.41) is 22.0. The fraction of sp³-hybridized carbons (Fsp3) is 0.533. The average molecular weight is 312 g/mol. The van der Waals surface area contributed by atoms with Crippen molar-refractivity contribution in [1.82, 2.24) is 0 Å². The van der Waals surface area contributed by atoms with Crippen molar-refractivity contribution in [2.75, 3.05) is 18.1 Å². The summed E-state index contributed by atoms with van der Waals surface area (Å²) in [6.07, 6.45) is 5.84. The first-order valence-electron chi connectivity index (χ1n) is 7.32. The van der Waals surface area contributed by atoms with Crippen molar-refractivity contribution >= 4 is 23.1 Å². The third-order valence-electron chi connectivity index (χ3n) is 4.01. The molecule has 0 spiro atoms. The molecule has 5 nitrogen and oxygen atoms in total. The lowest BCUT2D eigenvalue weighted by atomic mass is 9.93. The van der Waals surface area contributed by atoms with E-state index in [4.69, 9.17) is 22.5 Å². The first-order chi connectivity index (χ1) is 10.2. The summed E-state index contributed by atoms with van der Waals surface area (Å²) in [4.78, 5) is 2.16. The van der Waals surface area contributed by atoms with E-state index in [1.54, 1.807) is 12.1 Å². The number of nitrogens with two attached hydrogens (primary N) is 1. The molecule has 0 unspecified atom stereocenters. The maximum atomic E-state index is 9.39. The number of hydrogen-bond acceptors (Lipinski definition) is 4. The average Bonchev–Trinajstić information content (AvgIpc) is 2.53. The van der Waals surface area contributed by atoms with Crippen LogP contribution >= 0.6 is 11.6 Å². The van der Waals surface area contributed by atoms with Crippen LogP contribution < -0.4 is 10.6 Å². The zero-order chi connectivity index (χ0) is 15.2. The SMILES string of the molecule is NC(=NO)c1cc(Cl)ccc1N(CCO)C1CCCCC1. The molecule has 0 radical (unpaired) electrons. The molecule has 2 rings (SSSR count). The predicted molar refractivity (Wildman–Crippen MR) is 85.3 cm³/mol. The van der Waals surface area contributed by atoms with Gasteiger partial charge in [-0.25, -0.2) is 0 Å². The second kappa shape index (κ2) is 7.52. The van der Waals surface area contributed by atoms with E-state index in [9.17, 15) is 5.11 Å². The molecule has 21 heavy (non-hydrogen) atoms. The van der Waals surface area contributed by atoms with Gasteiger partial charge in [0.1, 0.15) is 0 Å². The smallest absolute Gasteiger partial charge is 0.172 e. The third-order valence-corrected chi connectivity index (χ3v) is 4.24. The minimum Gasteiger partial charge on any atom is -0.409 e. The van der Waals surface area contributed by atoms with Gasteiger partial charge in [-0.1, -0.05) is 36.0 Å². The van der Waals surface area contributed by atoms with E-state index in [0.29, 0.717) is 23.2 Å². The van der Waals surface area contributed by atoms with E-state index >= 15 is 0 Å². The lowest BCUT2D eigenvalue weighted by Crippen LogP contribution is -2.40. The van der Waals surface area contributed by atoms with Crippen LogP contribution in [0.3, 0.4) is 0 Å². The highest BCUT2D eigenvalue weighted by atomic mass is 35.5. The van der Waals surface area contributed by atoms with Crippen LogP contribution in [-0.4, -0.2) is 35.3 Å². The van der Waals surface area contributed by atoms with Crippen molar-refractivity contribution in [3.8, 4) is 0 Å². The Hall–Kier alpha value is -1.46. The van der Waals surface area contributed by atoms with E-state index in [1.165, 1.54) is 19.3 Å².